The number of nitrogens with zero attached hydrogens (tertiary/aromatic N) is 3. The molecule has 0 aromatic heterocycles. The maximum absolute atomic E-state index is 12.4. The Morgan fingerprint density at radius 2 is 1.83 bits per heavy atom. The zero-order valence-electron chi connectivity index (χ0n) is 19.3. The molecule has 1 unspecified atom stereocenters. The zero-order valence-corrected chi connectivity index (χ0v) is 19.3. The molecule has 0 aromatic carbocycles. The predicted molar refractivity (Wildman–Crippen MR) is 121 cm³/mol. The van der Waals surface area contributed by atoms with Crippen LogP contribution in [0, 0.1) is 11.8 Å². The van der Waals surface area contributed by atoms with Crippen LogP contribution in [0.2, 0.25) is 0 Å². The first-order valence-corrected chi connectivity index (χ1v) is 12.3. The molecule has 1 fully saturated rings. The molecule has 0 heterocycles. The van der Waals surface area contributed by atoms with E-state index in [0.717, 1.165) is 77.0 Å². The Balaban J connectivity index is 2.24. The first-order chi connectivity index (χ1) is 14.6. The maximum atomic E-state index is 12.4. The summed E-state index contributed by atoms with van der Waals surface area (Å²) in [7, 11) is 0. The van der Waals surface area contributed by atoms with E-state index in [4.69, 9.17) is 10.3 Å². The summed E-state index contributed by atoms with van der Waals surface area (Å²) >= 11 is 0. The van der Waals surface area contributed by atoms with Gasteiger partial charge in [0, 0.05) is 29.7 Å². The lowest BCUT2D eigenvalue weighted by Crippen LogP contribution is -2.17. The topological polar surface area (TPSA) is 92.1 Å². The molecule has 1 rings (SSSR count). The Hall–Kier alpha value is -1.55. The van der Waals surface area contributed by atoms with Gasteiger partial charge in [-0.05, 0) is 56.4 Å². The quantitative estimate of drug-likeness (QED) is 0.0763. The predicted octanol–water partition coefficient (Wildman–Crippen LogP) is 7.31. The molecule has 0 saturated heterocycles. The molecule has 1 saturated carbocycles. The van der Waals surface area contributed by atoms with E-state index in [-0.39, 0.29) is 17.9 Å². The highest BCUT2D eigenvalue weighted by atomic mass is 16.5. The van der Waals surface area contributed by atoms with Gasteiger partial charge in [0.05, 0.1) is 6.61 Å². The highest BCUT2D eigenvalue weighted by Gasteiger charge is 2.33. The number of hydrogen-bond donors (Lipinski definition) is 0. The average molecular weight is 422 g/mol. The minimum Gasteiger partial charge on any atom is -0.466 e. The molecule has 30 heavy (non-hydrogen) atoms. The molecule has 172 valence electrons. The Morgan fingerprint density at radius 1 is 1.07 bits per heavy atom. The largest absolute Gasteiger partial charge is 0.466 e. The van der Waals surface area contributed by atoms with E-state index in [0.29, 0.717) is 31.1 Å². The van der Waals surface area contributed by atoms with Gasteiger partial charge in [-0.15, -0.1) is 0 Å². The molecule has 0 N–H and O–H groups in total. The number of ketones is 1. The summed E-state index contributed by atoms with van der Waals surface area (Å²) in [5.74, 6) is 0.980. The molecule has 0 amide bonds. The van der Waals surface area contributed by atoms with Crippen LogP contribution in [0.3, 0.4) is 0 Å². The van der Waals surface area contributed by atoms with Gasteiger partial charge in [-0.1, -0.05) is 63.9 Å². The van der Waals surface area contributed by atoms with Gasteiger partial charge < -0.3 is 4.74 Å². The Kier molecular flexibility index (Phi) is 15.2. The van der Waals surface area contributed by atoms with Crippen LogP contribution in [-0.2, 0) is 14.3 Å². The van der Waals surface area contributed by atoms with Crippen molar-refractivity contribution < 1.29 is 14.3 Å². The number of unbranched alkanes of at least 4 members (excludes halogenated alkanes) is 6. The van der Waals surface area contributed by atoms with E-state index in [9.17, 15) is 9.59 Å². The standard InChI is InChI=1S/C24H43N3O3/c1-3-5-9-12-21(26-27-25)17-15-20-16-18-23(28)22(20)13-10-7-8-11-14-24(29)30-19-6-4-2/h20-22H,3-19H2,1-2H3/t20-,21?,22+/m0/s1. The third kappa shape index (κ3) is 11.6. The molecule has 6 heteroatoms. The number of ether oxygens (including phenoxy) is 1. The van der Waals surface area contributed by atoms with Gasteiger partial charge in [0.2, 0.25) is 0 Å². The van der Waals surface area contributed by atoms with Gasteiger partial charge in [0.1, 0.15) is 5.78 Å². The fourth-order valence-corrected chi connectivity index (χ4v) is 4.48. The van der Waals surface area contributed by atoms with Crippen molar-refractivity contribution in [3.05, 3.63) is 10.4 Å². The second-order valence-electron chi connectivity index (χ2n) is 8.83. The molecule has 0 bridgehead atoms. The summed E-state index contributed by atoms with van der Waals surface area (Å²) in [5, 5.41) is 3.99. The van der Waals surface area contributed by atoms with Crippen molar-refractivity contribution in [2.75, 3.05) is 6.61 Å². The summed E-state index contributed by atoms with van der Waals surface area (Å²) in [4.78, 5) is 27.0. The van der Waals surface area contributed by atoms with Crippen molar-refractivity contribution in [3.8, 4) is 0 Å². The molecule has 3 atom stereocenters. The Morgan fingerprint density at radius 3 is 2.57 bits per heavy atom. The molecule has 1 aliphatic rings. The summed E-state index contributed by atoms with van der Waals surface area (Å²) in [6.45, 7) is 4.80. The number of Topliss-reactive ketones (excluding diaryl/α,β-unsaturated/α-hetero) is 1. The van der Waals surface area contributed by atoms with E-state index in [1.807, 2.05) is 0 Å². The lowest BCUT2D eigenvalue weighted by molar-refractivity contribution is -0.143. The average Bonchev–Trinajstić information content (AvgIpc) is 3.08. The third-order valence-electron chi connectivity index (χ3n) is 6.38. The zero-order chi connectivity index (χ0) is 22.0. The van der Waals surface area contributed by atoms with Crippen LogP contribution in [0.4, 0.5) is 0 Å². The fraction of sp³-hybridized carbons (Fsp3) is 0.917. The van der Waals surface area contributed by atoms with Crippen LogP contribution in [-0.4, -0.2) is 24.4 Å². The lowest BCUT2D eigenvalue weighted by Gasteiger charge is -2.20. The van der Waals surface area contributed by atoms with Crippen molar-refractivity contribution in [3.63, 3.8) is 0 Å². The first kappa shape index (κ1) is 26.5. The number of hydrogen-bond acceptors (Lipinski definition) is 4. The minimum atomic E-state index is -0.0806. The first-order valence-electron chi connectivity index (χ1n) is 12.3. The van der Waals surface area contributed by atoms with Gasteiger partial charge in [-0.25, -0.2) is 0 Å². The van der Waals surface area contributed by atoms with Gasteiger partial charge >= 0.3 is 5.97 Å². The minimum absolute atomic E-state index is 0.0787. The molecule has 0 aliphatic heterocycles. The number of esters is 1. The summed E-state index contributed by atoms with van der Waals surface area (Å²) in [5.41, 5.74) is 8.83. The van der Waals surface area contributed by atoms with E-state index in [1.54, 1.807) is 0 Å². The highest BCUT2D eigenvalue weighted by molar-refractivity contribution is 5.83. The molecule has 0 aromatic rings. The van der Waals surface area contributed by atoms with Crippen molar-refractivity contribution in [2.45, 2.75) is 123 Å². The van der Waals surface area contributed by atoms with E-state index in [2.05, 4.69) is 23.9 Å². The van der Waals surface area contributed by atoms with Crippen LogP contribution in [0.15, 0.2) is 5.11 Å². The van der Waals surface area contributed by atoms with Gasteiger partial charge in [-0.3, -0.25) is 9.59 Å². The van der Waals surface area contributed by atoms with E-state index in [1.165, 1.54) is 12.8 Å². The van der Waals surface area contributed by atoms with Crippen LogP contribution in [0.1, 0.15) is 117 Å². The second kappa shape index (κ2) is 17.2. The second-order valence-corrected chi connectivity index (χ2v) is 8.83. The lowest BCUT2D eigenvalue weighted by atomic mass is 9.85. The van der Waals surface area contributed by atoms with Gasteiger partial charge in [0.25, 0.3) is 0 Å². The summed E-state index contributed by atoms with van der Waals surface area (Å²) in [6, 6.07) is 0.0787. The number of azide groups is 1. The normalized spacial score (nSPS) is 19.5. The SMILES string of the molecule is CCCCCC(CC[C@H]1CCC(=O)[C@@H]1CCCCCCC(=O)OCCCC)N=[N+]=[N-]. The van der Waals surface area contributed by atoms with Crippen molar-refractivity contribution in [1.29, 1.82) is 0 Å². The fourth-order valence-electron chi connectivity index (χ4n) is 4.48. The van der Waals surface area contributed by atoms with Crippen LogP contribution in [0.5, 0.6) is 0 Å². The smallest absolute Gasteiger partial charge is 0.305 e. The highest BCUT2D eigenvalue weighted by Crippen LogP contribution is 2.36. The molecule has 6 nitrogen and oxygen atoms in total. The third-order valence-corrected chi connectivity index (χ3v) is 6.38. The van der Waals surface area contributed by atoms with Crippen LogP contribution >= 0.6 is 0 Å². The van der Waals surface area contributed by atoms with E-state index < -0.39 is 0 Å². The van der Waals surface area contributed by atoms with Crippen molar-refractivity contribution >= 4 is 11.8 Å². The Labute approximate surface area is 183 Å². The number of rotatable bonds is 18. The molecule has 0 radical (unpaired) electrons. The van der Waals surface area contributed by atoms with Crippen LogP contribution < -0.4 is 0 Å². The number of carbonyl (C=O) groups excluding carboxylic acids is 2. The molecular formula is C24H43N3O3. The monoisotopic (exact) mass is 421 g/mol. The maximum Gasteiger partial charge on any atom is 0.305 e. The number of carbonyl (C=O) groups is 2. The summed E-state index contributed by atoms with van der Waals surface area (Å²) in [6.07, 6.45) is 15.5. The van der Waals surface area contributed by atoms with E-state index >= 15 is 0 Å². The summed E-state index contributed by atoms with van der Waals surface area (Å²) < 4.78 is 5.18. The molecule has 0 spiro atoms. The molecular weight excluding hydrogens is 378 g/mol. The Bertz CT molecular complexity index is 532. The van der Waals surface area contributed by atoms with Crippen molar-refractivity contribution in [2.24, 2.45) is 17.0 Å². The van der Waals surface area contributed by atoms with Gasteiger partial charge in [0.15, 0.2) is 0 Å². The van der Waals surface area contributed by atoms with Crippen molar-refractivity contribution in [1.82, 2.24) is 0 Å². The molecule has 1 aliphatic carbocycles. The van der Waals surface area contributed by atoms with Gasteiger partial charge in [-0.2, -0.15) is 0 Å². The van der Waals surface area contributed by atoms with Crippen LogP contribution in [0.25, 0.3) is 10.4 Å².